The van der Waals surface area contributed by atoms with E-state index in [1.54, 1.807) is 166 Å². The molecule has 0 aliphatic carbocycles. The summed E-state index contributed by atoms with van der Waals surface area (Å²) in [5.74, 6) is -4.78. The number of unbranched alkanes of at least 4 members (excludes halogenated alkanes) is 4. The summed E-state index contributed by atoms with van der Waals surface area (Å²) in [6, 6.07) is -3.22. The maximum absolute atomic E-state index is 14.7. The number of aliphatic hydroxyl groups is 1. The van der Waals surface area contributed by atoms with Crippen LogP contribution in [0.5, 0.6) is 0 Å². The van der Waals surface area contributed by atoms with Crippen molar-refractivity contribution in [2.75, 3.05) is 250 Å². The van der Waals surface area contributed by atoms with Crippen molar-refractivity contribution in [2.45, 2.75) is 145 Å². The zero-order chi connectivity index (χ0) is 90.4. The van der Waals surface area contributed by atoms with E-state index in [4.69, 9.17) is 9.98 Å². The van der Waals surface area contributed by atoms with Gasteiger partial charge >= 0.3 is 0 Å². The van der Waals surface area contributed by atoms with Gasteiger partial charge in [0, 0.05) is 78.2 Å². The fourth-order valence-electron chi connectivity index (χ4n) is 12.7. The molecule has 690 valence electrons. The molecular weight excluding hydrogens is 1600 g/mol. The third kappa shape index (κ3) is 53.1. The van der Waals surface area contributed by atoms with Crippen LogP contribution in [0.2, 0.25) is 0 Å². The summed E-state index contributed by atoms with van der Waals surface area (Å²) in [4.78, 5) is 198. The Balaban J connectivity index is 2.38. The van der Waals surface area contributed by atoms with E-state index in [1.165, 1.54) is 21.6 Å². The van der Waals surface area contributed by atoms with Gasteiger partial charge in [0.15, 0.2) is 0 Å². The van der Waals surface area contributed by atoms with E-state index < -0.39 is 58.9 Å². The number of dihydropyridines is 2. The van der Waals surface area contributed by atoms with Gasteiger partial charge < -0.3 is 113 Å². The van der Waals surface area contributed by atoms with Gasteiger partial charge in [-0.1, -0.05) is 22.9 Å². The lowest BCUT2D eigenvalue weighted by atomic mass is 10.0. The molecule has 0 radical (unpaired) electrons. The quantitative estimate of drug-likeness (QED) is 0.0125. The second-order valence-electron chi connectivity index (χ2n) is 33.2. The van der Waals surface area contributed by atoms with Crippen LogP contribution in [0.4, 0.5) is 0 Å². The number of carbonyl (C=O) groups excluding carboxylic acids is 13. The van der Waals surface area contributed by atoms with E-state index in [0.717, 1.165) is 0 Å². The Morgan fingerprint density at radius 1 is 0.397 bits per heavy atom. The molecule has 0 aromatic carbocycles. The lowest BCUT2D eigenvalue weighted by molar-refractivity contribution is -0.134. The molecule has 2 heterocycles. The van der Waals surface area contributed by atoms with E-state index in [9.17, 15) is 67.4 Å². The number of carbonyl (C=O) groups is 13. The highest BCUT2D eigenvalue weighted by atomic mass is 33.1. The first-order chi connectivity index (χ1) is 57.2. The maximum Gasteiger partial charge on any atom is 0.242 e. The molecule has 2 rings (SSSR count). The molecule has 40 heteroatoms. The van der Waals surface area contributed by atoms with E-state index in [-0.39, 0.29) is 176 Å². The normalized spacial score (nSPS) is 16.3. The van der Waals surface area contributed by atoms with Gasteiger partial charge in [-0.3, -0.25) is 77.6 Å². The topological polar surface area (TPSA) is 444 Å². The standard InChI is InChI=1S/C81H150N24O14S2/c1-81(37-36-61(51-91-81)80(119)105(48-28-44-88-77(116)64(94-72(112)58-102(14)15)32-20-24-40-84-68(108)54-98(6)7)49-29-45-89-78(117)65(95-73(113)59-103(16)17)33-21-25-41-85-69(109)55-99(8)9)121-120-74-35-34-60(50-90-74)79(118)104(46-26-42-86-75(114)62(92-70(110)56-100(10)11)30-18-22-38-82-66(106)52-96(2)3)47-27-43-87-76(115)63(93-71(111)57-101(12)13)31-19-23-39-83-67(107)53-97(4)5/h34-37,51,60-65,75,86,114H,18-33,38-50,52-59H2,1-17H3,(H,82,106)(H,83,107)(H,84,108)(H,85,109)(H,87,115)(H,88,116)(H,89,117)(H,92,110)(H,93,111)(H,94,112)(H,95,113). The van der Waals surface area contributed by atoms with Crippen molar-refractivity contribution in [3.8, 4) is 0 Å². The Kier molecular flexibility index (Phi) is 56.3. The van der Waals surface area contributed by atoms with Crippen molar-refractivity contribution in [3.63, 3.8) is 0 Å². The molecule has 0 spiro atoms. The summed E-state index contributed by atoms with van der Waals surface area (Å²) >= 11 is 0. The minimum Gasteiger partial charge on any atom is -0.376 e. The Morgan fingerprint density at radius 2 is 0.711 bits per heavy atom. The minimum absolute atomic E-state index is 0.0652. The first kappa shape index (κ1) is 109. The molecule has 8 unspecified atom stereocenters. The molecule has 121 heavy (non-hydrogen) atoms. The molecule has 0 aromatic heterocycles. The molecule has 0 fully saturated rings. The van der Waals surface area contributed by atoms with Gasteiger partial charge in [-0.2, -0.15) is 0 Å². The van der Waals surface area contributed by atoms with E-state index >= 15 is 0 Å². The molecular formula is C81H150N24O14S2. The van der Waals surface area contributed by atoms with Gasteiger partial charge in [-0.15, -0.1) is 0 Å². The smallest absolute Gasteiger partial charge is 0.242 e. The maximum atomic E-state index is 14.7. The number of likely N-dealkylation sites (N-methyl/N-ethyl adjacent to an activating group) is 8. The highest BCUT2D eigenvalue weighted by Crippen LogP contribution is 2.41. The Labute approximate surface area is 727 Å². The van der Waals surface area contributed by atoms with Gasteiger partial charge in [0.2, 0.25) is 76.8 Å². The van der Waals surface area contributed by atoms with Gasteiger partial charge in [0.25, 0.3) is 0 Å². The lowest BCUT2D eigenvalue weighted by Crippen LogP contribution is -2.52. The van der Waals surface area contributed by atoms with Crippen molar-refractivity contribution < 1.29 is 67.4 Å². The van der Waals surface area contributed by atoms with Gasteiger partial charge in [0.1, 0.15) is 34.3 Å². The third-order valence-electron chi connectivity index (χ3n) is 18.6. The van der Waals surface area contributed by atoms with Crippen LogP contribution in [0.3, 0.4) is 0 Å². The summed E-state index contributed by atoms with van der Waals surface area (Å²) in [6.07, 6.45) is 15.1. The van der Waals surface area contributed by atoms with Gasteiger partial charge in [0.05, 0.1) is 76.8 Å². The molecule has 13 N–H and O–H groups in total. The molecule has 0 aromatic rings. The van der Waals surface area contributed by atoms with Crippen LogP contribution in [-0.4, -0.2) is 428 Å². The van der Waals surface area contributed by atoms with Crippen molar-refractivity contribution in [3.05, 3.63) is 24.3 Å². The average molecular weight is 1750 g/mol. The highest BCUT2D eigenvalue weighted by Gasteiger charge is 2.33. The van der Waals surface area contributed by atoms with Crippen molar-refractivity contribution >= 4 is 110 Å². The molecule has 13 amide bonds. The Hall–Kier alpha value is -7.77. The summed E-state index contributed by atoms with van der Waals surface area (Å²) in [6.45, 7) is 6.61. The molecule has 0 saturated heterocycles. The fraction of sp³-hybridized carbons (Fsp3) is 0.765. The van der Waals surface area contributed by atoms with Crippen LogP contribution < -0.4 is 63.8 Å². The first-order valence-corrected chi connectivity index (χ1v) is 44.5. The lowest BCUT2D eigenvalue weighted by Gasteiger charge is -2.29. The summed E-state index contributed by atoms with van der Waals surface area (Å²) in [7, 11) is 31.2. The number of rotatable bonds is 65. The van der Waals surface area contributed by atoms with Crippen LogP contribution in [0.15, 0.2) is 34.3 Å². The van der Waals surface area contributed by atoms with E-state index in [2.05, 4.69) is 63.8 Å². The van der Waals surface area contributed by atoms with Gasteiger partial charge in [-0.25, -0.2) is 0 Å². The highest BCUT2D eigenvalue weighted by molar-refractivity contribution is 8.82. The Bertz CT molecular complexity index is 3200. The van der Waals surface area contributed by atoms with Crippen molar-refractivity contribution in [2.24, 2.45) is 21.8 Å². The number of nitrogens with zero attached hydrogens (tertiary/aromatic N) is 12. The molecule has 38 nitrogen and oxygen atoms in total. The SMILES string of the molecule is CN(C)CC(=O)NCCCCC(NC(=O)CN(C)C)C(=O)NCCCN(CCCNC(=O)C(CCCCNC(=O)CN(C)C)NC(=O)CN(C)C)C(=O)C1C=CC(C)(SSC2=NCC(C(=O)N(CCCNC(=O)C(CCCCNC(=O)CN(C)C)NC(=O)CN(C)C)CCCNC(O)C(CCCCNC(=O)CN(C)C)NC(=O)CN(C)C)C=C2)N=C1. The predicted octanol–water partition coefficient (Wildman–Crippen LogP) is -3.02. The monoisotopic (exact) mass is 1750 g/mol. The van der Waals surface area contributed by atoms with Crippen molar-refractivity contribution in [1.29, 1.82) is 0 Å². The van der Waals surface area contributed by atoms with Crippen molar-refractivity contribution in [1.82, 2.24) is 113 Å². The van der Waals surface area contributed by atoms with Gasteiger partial charge in [-0.05, 0) is 252 Å². The van der Waals surface area contributed by atoms with E-state index in [1.807, 2.05) is 33.2 Å². The number of amides is 13. The van der Waals surface area contributed by atoms with Crippen LogP contribution in [0.25, 0.3) is 0 Å². The number of aliphatic imine (C=N–C) groups is 2. The molecule has 0 saturated carbocycles. The summed E-state index contributed by atoms with van der Waals surface area (Å²) < 4.78 is 0. The minimum atomic E-state index is -1.14. The molecule has 2 aliphatic heterocycles. The molecule has 2 aliphatic rings. The van der Waals surface area contributed by atoms with E-state index in [0.29, 0.717) is 134 Å². The molecule has 8 atom stereocenters. The zero-order valence-corrected chi connectivity index (χ0v) is 77.2. The number of hydrogen-bond donors (Lipinski definition) is 13. The third-order valence-corrected chi connectivity index (χ3v) is 21.4. The molecule has 0 bridgehead atoms. The largest absolute Gasteiger partial charge is 0.376 e. The second-order valence-corrected chi connectivity index (χ2v) is 35.8. The average Bonchev–Trinajstić information content (AvgIpc) is 0.835. The number of aliphatic hydroxyl groups excluding tert-OH is 1. The number of nitrogens with one attached hydrogen (secondary N) is 12. The zero-order valence-electron chi connectivity index (χ0n) is 75.5. The fourth-order valence-corrected chi connectivity index (χ4v) is 14.8. The van der Waals surface area contributed by atoms with Crippen LogP contribution >= 0.6 is 21.6 Å². The summed E-state index contributed by atoms with van der Waals surface area (Å²) in [5, 5.41) is 47.2. The number of hydrogen-bond acceptors (Lipinski definition) is 27. The van der Waals surface area contributed by atoms with Crippen LogP contribution in [0.1, 0.15) is 110 Å². The first-order valence-electron chi connectivity index (χ1n) is 42.3. The van der Waals surface area contributed by atoms with Crippen LogP contribution in [-0.2, 0) is 62.3 Å². The second kappa shape index (κ2) is 62.4. The summed E-state index contributed by atoms with van der Waals surface area (Å²) in [5.41, 5.74) is 0. The Morgan fingerprint density at radius 3 is 1.03 bits per heavy atom. The van der Waals surface area contributed by atoms with Crippen LogP contribution in [0, 0.1) is 11.8 Å². The predicted molar refractivity (Wildman–Crippen MR) is 478 cm³/mol.